The Balaban J connectivity index is 2.02. The van der Waals surface area contributed by atoms with E-state index in [9.17, 15) is 14.9 Å². The van der Waals surface area contributed by atoms with Gasteiger partial charge >= 0.3 is 0 Å². The Morgan fingerprint density at radius 3 is 2.10 bits per heavy atom. The number of amides is 1. The van der Waals surface area contributed by atoms with Gasteiger partial charge in [0.05, 0.1) is 45.8 Å². The van der Waals surface area contributed by atoms with E-state index in [-0.39, 0.29) is 36.7 Å². The maximum atomic E-state index is 12.2. The average molecular weight is 404 g/mol. The predicted molar refractivity (Wildman–Crippen MR) is 106 cm³/mol. The number of hydrogen-bond donors (Lipinski definition) is 1. The summed E-state index contributed by atoms with van der Waals surface area (Å²) in [4.78, 5) is 23.1. The zero-order valence-electron chi connectivity index (χ0n) is 16.8. The van der Waals surface area contributed by atoms with Gasteiger partial charge in [-0.3, -0.25) is 14.9 Å². The molecule has 0 atom stereocenters. The molecule has 29 heavy (non-hydrogen) atoms. The van der Waals surface area contributed by atoms with E-state index in [0.29, 0.717) is 22.8 Å². The summed E-state index contributed by atoms with van der Waals surface area (Å²) >= 11 is 0. The number of benzene rings is 2. The van der Waals surface area contributed by atoms with Gasteiger partial charge in [-0.05, 0) is 30.2 Å². The Morgan fingerprint density at radius 2 is 1.52 bits per heavy atom. The van der Waals surface area contributed by atoms with E-state index < -0.39 is 4.92 Å². The molecule has 2 aromatic carbocycles. The molecule has 2 rings (SSSR count). The second kappa shape index (κ2) is 10.2. The molecule has 1 N–H and O–H groups in total. The number of carbonyl (C=O) groups is 1. The zero-order valence-corrected chi connectivity index (χ0v) is 16.8. The summed E-state index contributed by atoms with van der Waals surface area (Å²) in [6.45, 7) is 0.239. The van der Waals surface area contributed by atoms with Gasteiger partial charge in [-0.1, -0.05) is 6.07 Å². The van der Waals surface area contributed by atoms with Crippen LogP contribution in [0.4, 0.5) is 5.69 Å². The normalized spacial score (nSPS) is 10.2. The Hall–Kier alpha value is -3.49. The van der Waals surface area contributed by atoms with Crippen molar-refractivity contribution in [3.8, 4) is 23.0 Å². The molecule has 156 valence electrons. The van der Waals surface area contributed by atoms with E-state index in [1.807, 2.05) is 0 Å². The smallest absolute Gasteiger partial charge is 0.276 e. The standard InChI is InChI=1S/C20H24N2O7/c1-26-16-6-5-13(9-17(16)27-2)10-20(23)21-8-7-14-11-18(28-3)19(29-4)12-15(14)22(24)25/h5-6,9,11-12H,7-8,10H2,1-4H3,(H,21,23). The first-order valence-corrected chi connectivity index (χ1v) is 8.80. The van der Waals surface area contributed by atoms with E-state index in [1.54, 1.807) is 24.3 Å². The summed E-state index contributed by atoms with van der Waals surface area (Å²) in [6, 6.07) is 8.11. The van der Waals surface area contributed by atoms with Crippen molar-refractivity contribution in [2.45, 2.75) is 12.8 Å². The molecule has 1 amide bonds. The van der Waals surface area contributed by atoms with Crippen LogP contribution < -0.4 is 24.3 Å². The average Bonchev–Trinajstić information content (AvgIpc) is 2.72. The molecule has 0 aliphatic rings. The molecule has 0 aliphatic heterocycles. The first-order chi connectivity index (χ1) is 13.9. The monoisotopic (exact) mass is 404 g/mol. The molecule has 9 heteroatoms. The van der Waals surface area contributed by atoms with Crippen LogP contribution in [0.5, 0.6) is 23.0 Å². The molecule has 0 aromatic heterocycles. The van der Waals surface area contributed by atoms with Gasteiger partial charge in [-0.15, -0.1) is 0 Å². The minimum atomic E-state index is -0.483. The van der Waals surface area contributed by atoms with Gasteiger partial charge in [-0.2, -0.15) is 0 Å². The van der Waals surface area contributed by atoms with Crippen LogP contribution >= 0.6 is 0 Å². The first-order valence-electron chi connectivity index (χ1n) is 8.80. The third-order valence-corrected chi connectivity index (χ3v) is 4.31. The molecule has 0 bridgehead atoms. The summed E-state index contributed by atoms with van der Waals surface area (Å²) in [6.07, 6.45) is 0.419. The van der Waals surface area contributed by atoms with Crippen molar-refractivity contribution >= 4 is 11.6 Å². The molecular formula is C20H24N2O7. The third kappa shape index (κ3) is 5.50. The van der Waals surface area contributed by atoms with Crippen LogP contribution in [0.1, 0.15) is 11.1 Å². The van der Waals surface area contributed by atoms with Crippen LogP contribution in [0, 0.1) is 10.1 Å². The lowest BCUT2D eigenvalue weighted by Gasteiger charge is -2.11. The van der Waals surface area contributed by atoms with Crippen LogP contribution in [-0.4, -0.2) is 45.8 Å². The number of carbonyl (C=O) groups excluding carboxylic acids is 1. The van der Waals surface area contributed by atoms with E-state index in [4.69, 9.17) is 18.9 Å². The lowest BCUT2D eigenvalue weighted by molar-refractivity contribution is -0.385. The van der Waals surface area contributed by atoms with Crippen molar-refractivity contribution in [2.75, 3.05) is 35.0 Å². The van der Waals surface area contributed by atoms with Gasteiger partial charge in [0.1, 0.15) is 0 Å². The third-order valence-electron chi connectivity index (χ3n) is 4.31. The van der Waals surface area contributed by atoms with E-state index >= 15 is 0 Å². The minimum Gasteiger partial charge on any atom is -0.493 e. The number of nitro groups is 1. The van der Waals surface area contributed by atoms with Gasteiger partial charge in [0, 0.05) is 12.1 Å². The Morgan fingerprint density at radius 1 is 0.931 bits per heavy atom. The van der Waals surface area contributed by atoms with E-state index in [0.717, 1.165) is 5.56 Å². The van der Waals surface area contributed by atoms with Gasteiger partial charge in [0.25, 0.3) is 5.69 Å². The first kappa shape index (κ1) is 21.8. The van der Waals surface area contributed by atoms with Gasteiger partial charge < -0.3 is 24.3 Å². The molecule has 2 aromatic rings. The second-order valence-corrected chi connectivity index (χ2v) is 6.06. The SMILES string of the molecule is COc1ccc(CC(=O)NCCc2cc(OC)c(OC)cc2[N+](=O)[O-])cc1OC. The fourth-order valence-corrected chi connectivity index (χ4v) is 2.86. The quantitative estimate of drug-likeness (QED) is 0.479. The summed E-state index contributed by atoms with van der Waals surface area (Å²) < 4.78 is 20.7. The number of hydrogen-bond acceptors (Lipinski definition) is 7. The number of nitro benzene ring substituents is 1. The van der Waals surface area contributed by atoms with Gasteiger partial charge in [-0.25, -0.2) is 0 Å². The molecule has 0 unspecified atom stereocenters. The highest BCUT2D eigenvalue weighted by Crippen LogP contribution is 2.34. The number of rotatable bonds is 10. The molecule has 9 nitrogen and oxygen atoms in total. The summed E-state index contributed by atoms with van der Waals surface area (Å²) in [5.41, 5.74) is 1.12. The van der Waals surface area contributed by atoms with Gasteiger partial charge in [0.15, 0.2) is 23.0 Å². The maximum Gasteiger partial charge on any atom is 0.276 e. The van der Waals surface area contributed by atoms with Crippen LogP contribution in [0.25, 0.3) is 0 Å². The largest absolute Gasteiger partial charge is 0.493 e. The van der Waals surface area contributed by atoms with Crippen molar-refractivity contribution in [3.63, 3.8) is 0 Å². The van der Waals surface area contributed by atoms with Crippen molar-refractivity contribution in [2.24, 2.45) is 0 Å². The molecule has 0 saturated heterocycles. The minimum absolute atomic E-state index is 0.0863. The lowest BCUT2D eigenvalue weighted by atomic mass is 10.1. The number of methoxy groups -OCH3 is 4. The topological polar surface area (TPSA) is 109 Å². The number of ether oxygens (including phenoxy) is 4. The van der Waals surface area contributed by atoms with Crippen LogP contribution in [-0.2, 0) is 17.6 Å². The summed E-state index contributed by atoms with van der Waals surface area (Å²) in [5.74, 6) is 1.58. The molecule has 0 heterocycles. The summed E-state index contributed by atoms with van der Waals surface area (Å²) in [5, 5.41) is 14.1. The van der Waals surface area contributed by atoms with E-state index in [1.165, 1.54) is 34.5 Å². The Labute approximate surface area is 168 Å². The summed E-state index contributed by atoms with van der Waals surface area (Å²) in [7, 11) is 5.93. The second-order valence-electron chi connectivity index (χ2n) is 6.06. The molecular weight excluding hydrogens is 380 g/mol. The fraction of sp³-hybridized carbons (Fsp3) is 0.350. The maximum absolute atomic E-state index is 12.2. The van der Waals surface area contributed by atoms with Crippen LogP contribution in [0.15, 0.2) is 30.3 Å². The van der Waals surface area contributed by atoms with Crippen molar-refractivity contribution in [3.05, 3.63) is 51.6 Å². The molecule has 0 fully saturated rings. The highest BCUT2D eigenvalue weighted by Gasteiger charge is 2.19. The Kier molecular flexibility index (Phi) is 7.64. The lowest BCUT2D eigenvalue weighted by Crippen LogP contribution is -2.27. The Bertz CT molecular complexity index is 883. The van der Waals surface area contributed by atoms with Crippen molar-refractivity contribution in [1.29, 1.82) is 0 Å². The highest BCUT2D eigenvalue weighted by molar-refractivity contribution is 5.78. The molecule has 0 spiro atoms. The van der Waals surface area contributed by atoms with Crippen LogP contribution in [0.2, 0.25) is 0 Å². The number of nitrogens with one attached hydrogen (secondary N) is 1. The molecule has 0 radical (unpaired) electrons. The zero-order chi connectivity index (χ0) is 21.4. The van der Waals surface area contributed by atoms with Crippen molar-refractivity contribution < 1.29 is 28.7 Å². The highest BCUT2D eigenvalue weighted by atomic mass is 16.6. The van der Waals surface area contributed by atoms with Crippen LogP contribution in [0.3, 0.4) is 0 Å². The van der Waals surface area contributed by atoms with Crippen molar-refractivity contribution in [1.82, 2.24) is 5.32 Å². The predicted octanol–water partition coefficient (Wildman–Crippen LogP) is 2.53. The fourth-order valence-electron chi connectivity index (χ4n) is 2.86. The molecule has 0 saturated carbocycles. The van der Waals surface area contributed by atoms with Gasteiger partial charge in [0.2, 0.25) is 5.91 Å². The number of nitrogens with zero attached hydrogens (tertiary/aromatic N) is 1. The molecule has 0 aliphatic carbocycles. The van der Waals surface area contributed by atoms with E-state index in [2.05, 4.69) is 5.32 Å².